The fourth-order valence-corrected chi connectivity index (χ4v) is 1.39. The summed E-state index contributed by atoms with van der Waals surface area (Å²) in [5.74, 6) is 0. The first-order valence-corrected chi connectivity index (χ1v) is 5.41. The Hall–Kier alpha value is -0.120. The highest BCUT2D eigenvalue weighted by molar-refractivity contribution is 4.79. The van der Waals surface area contributed by atoms with Crippen molar-refractivity contribution in [3.63, 3.8) is 0 Å². The molecule has 14 heavy (non-hydrogen) atoms. The normalized spacial score (nSPS) is 34.5. The van der Waals surface area contributed by atoms with Gasteiger partial charge >= 0.3 is 0 Å². The zero-order valence-corrected chi connectivity index (χ0v) is 9.96. The lowest BCUT2D eigenvalue weighted by Crippen LogP contribution is -2.51. The van der Waals surface area contributed by atoms with E-state index in [1.165, 1.54) is 0 Å². The van der Waals surface area contributed by atoms with Crippen molar-refractivity contribution >= 4 is 0 Å². The molecule has 1 N–H and O–H groups in total. The lowest BCUT2D eigenvalue weighted by Gasteiger charge is -2.35. The van der Waals surface area contributed by atoms with Crippen LogP contribution in [0.5, 0.6) is 0 Å². The van der Waals surface area contributed by atoms with Crippen LogP contribution in [0.15, 0.2) is 0 Å². The van der Waals surface area contributed by atoms with Gasteiger partial charge in [0.15, 0.2) is 0 Å². The van der Waals surface area contributed by atoms with E-state index in [-0.39, 0.29) is 17.8 Å². The quantitative estimate of drug-likeness (QED) is 0.735. The van der Waals surface area contributed by atoms with E-state index in [4.69, 9.17) is 9.47 Å². The van der Waals surface area contributed by atoms with E-state index in [0.29, 0.717) is 12.6 Å². The number of hydrogen-bond acceptors (Lipinski definition) is 3. The molecule has 3 atom stereocenters. The van der Waals surface area contributed by atoms with Crippen molar-refractivity contribution in [1.29, 1.82) is 0 Å². The molecule has 0 aromatic rings. The van der Waals surface area contributed by atoms with Crippen LogP contribution in [-0.4, -0.2) is 37.0 Å². The molecule has 1 aliphatic heterocycles. The molecular weight excluding hydrogens is 178 g/mol. The van der Waals surface area contributed by atoms with Crippen LogP contribution >= 0.6 is 0 Å². The van der Waals surface area contributed by atoms with Crippen molar-refractivity contribution < 1.29 is 9.47 Å². The summed E-state index contributed by atoms with van der Waals surface area (Å²) in [6, 6.07) is 0.445. The Morgan fingerprint density at radius 1 is 1.36 bits per heavy atom. The average molecular weight is 201 g/mol. The maximum absolute atomic E-state index is 5.81. The minimum atomic E-state index is -0.0737. The molecule has 1 saturated heterocycles. The Morgan fingerprint density at radius 3 is 2.50 bits per heavy atom. The molecule has 3 heteroatoms. The van der Waals surface area contributed by atoms with Gasteiger partial charge in [0.05, 0.1) is 24.4 Å². The number of ether oxygens (including phenoxy) is 2. The molecule has 0 saturated carbocycles. The first kappa shape index (κ1) is 12.0. The van der Waals surface area contributed by atoms with Gasteiger partial charge in [0, 0.05) is 12.6 Å². The van der Waals surface area contributed by atoms with Crippen LogP contribution in [0.3, 0.4) is 0 Å². The fraction of sp³-hybridized carbons (Fsp3) is 1.00. The Kier molecular flexibility index (Phi) is 3.93. The molecule has 1 aliphatic rings. The van der Waals surface area contributed by atoms with Crippen molar-refractivity contribution in [1.82, 2.24) is 5.32 Å². The topological polar surface area (TPSA) is 30.5 Å². The highest BCUT2D eigenvalue weighted by Gasteiger charge is 2.25. The Morgan fingerprint density at radius 2 is 2.00 bits per heavy atom. The van der Waals surface area contributed by atoms with Crippen LogP contribution in [0.2, 0.25) is 0 Å². The number of nitrogens with one attached hydrogen (secondary N) is 1. The van der Waals surface area contributed by atoms with Gasteiger partial charge in [-0.15, -0.1) is 0 Å². The van der Waals surface area contributed by atoms with E-state index in [9.17, 15) is 0 Å². The van der Waals surface area contributed by atoms with Crippen LogP contribution in [0.1, 0.15) is 34.6 Å². The third kappa shape index (κ3) is 3.95. The predicted molar refractivity (Wildman–Crippen MR) is 57.5 cm³/mol. The summed E-state index contributed by atoms with van der Waals surface area (Å²) in [5.41, 5.74) is -0.0737. The number of rotatable bonds is 2. The van der Waals surface area contributed by atoms with Gasteiger partial charge in [-0.2, -0.15) is 0 Å². The molecule has 0 aliphatic carbocycles. The van der Waals surface area contributed by atoms with Gasteiger partial charge in [0.25, 0.3) is 0 Å². The smallest absolute Gasteiger partial charge is 0.0937 e. The Balaban J connectivity index is 2.27. The maximum atomic E-state index is 5.81. The molecule has 1 rings (SSSR count). The zero-order chi connectivity index (χ0) is 10.8. The van der Waals surface area contributed by atoms with E-state index in [2.05, 4.69) is 39.9 Å². The molecule has 0 radical (unpaired) electrons. The van der Waals surface area contributed by atoms with Gasteiger partial charge in [0.2, 0.25) is 0 Å². The van der Waals surface area contributed by atoms with Crippen molar-refractivity contribution in [3.8, 4) is 0 Å². The third-order valence-electron chi connectivity index (χ3n) is 2.48. The highest BCUT2D eigenvalue weighted by Crippen LogP contribution is 2.13. The number of hydrogen-bond donors (Lipinski definition) is 1. The molecule has 0 aromatic heterocycles. The minimum absolute atomic E-state index is 0.0737. The van der Waals surface area contributed by atoms with Gasteiger partial charge in [-0.25, -0.2) is 0 Å². The first-order chi connectivity index (χ1) is 6.38. The third-order valence-corrected chi connectivity index (χ3v) is 2.48. The maximum Gasteiger partial charge on any atom is 0.0937 e. The zero-order valence-electron chi connectivity index (χ0n) is 9.96. The lowest BCUT2D eigenvalue weighted by atomic mass is 10.1. The molecule has 1 heterocycles. The van der Waals surface area contributed by atoms with Crippen LogP contribution in [0, 0.1) is 0 Å². The van der Waals surface area contributed by atoms with Crippen LogP contribution < -0.4 is 5.32 Å². The van der Waals surface area contributed by atoms with E-state index in [0.717, 1.165) is 6.54 Å². The average Bonchev–Trinajstić information content (AvgIpc) is 2.06. The summed E-state index contributed by atoms with van der Waals surface area (Å²) in [4.78, 5) is 0. The minimum Gasteiger partial charge on any atom is -0.373 e. The molecule has 3 nitrogen and oxygen atoms in total. The Bertz CT molecular complexity index is 177. The van der Waals surface area contributed by atoms with Crippen molar-refractivity contribution in [2.24, 2.45) is 0 Å². The summed E-state index contributed by atoms with van der Waals surface area (Å²) in [6.07, 6.45) is 0.470. The monoisotopic (exact) mass is 201 g/mol. The van der Waals surface area contributed by atoms with Crippen molar-refractivity contribution in [3.05, 3.63) is 0 Å². The lowest BCUT2D eigenvalue weighted by molar-refractivity contribution is -0.113. The SMILES string of the molecule is C[C@@H]1NC[C@@H](COC(C)(C)C)O[C@@H]1C. The molecule has 0 unspecified atom stereocenters. The Labute approximate surface area is 87.2 Å². The largest absolute Gasteiger partial charge is 0.373 e. The van der Waals surface area contributed by atoms with Crippen LogP contribution in [-0.2, 0) is 9.47 Å². The molecule has 0 aromatic carbocycles. The predicted octanol–water partition coefficient (Wildman–Crippen LogP) is 1.57. The van der Waals surface area contributed by atoms with Gasteiger partial charge in [0.1, 0.15) is 0 Å². The van der Waals surface area contributed by atoms with Gasteiger partial charge in [-0.3, -0.25) is 0 Å². The van der Waals surface area contributed by atoms with E-state index < -0.39 is 0 Å². The second-order valence-electron chi connectivity index (χ2n) is 5.08. The van der Waals surface area contributed by atoms with Crippen LogP contribution in [0.25, 0.3) is 0 Å². The summed E-state index contributed by atoms with van der Waals surface area (Å²) < 4.78 is 11.5. The molecule has 84 valence electrons. The summed E-state index contributed by atoms with van der Waals surface area (Å²) in [6.45, 7) is 12.0. The highest BCUT2D eigenvalue weighted by atomic mass is 16.5. The molecule has 0 amide bonds. The van der Waals surface area contributed by atoms with Gasteiger partial charge < -0.3 is 14.8 Å². The molecular formula is C11H23NO2. The number of morpholine rings is 1. The van der Waals surface area contributed by atoms with E-state index in [1.807, 2.05) is 0 Å². The second-order valence-corrected chi connectivity index (χ2v) is 5.08. The molecule has 1 fully saturated rings. The van der Waals surface area contributed by atoms with Gasteiger partial charge in [-0.05, 0) is 34.6 Å². The first-order valence-electron chi connectivity index (χ1n) is 5.41. The van der Waals surface area contributed by atoms with E-state index in [1.54, 1.807) is 0 Å². The van der Waals surface area contributed by atoms with Crippen molar-refractivity contribution in [2.75, 3.05) is 13.2 Å². The summed E-state index contributed by atoms with van der Waals surface area (Å²) in [7, 11) is 0. The standard InChI is InChI=1S/C11H23NO2/c1-8-9(2)14-10(6-12-8)7-13-11(3,4)5/h8-10,12H,6-7H2,1-5H3/t8-,9+,10-/m0/s1. The van der Waals surface area contributed by atoms with E-state index >= 15 is 0 Å². The molecule has 0 spiro atoms. The molecule has 0 bridgehead atoms. The van der Waals surface area contributed by atoms with Gasteiger partial charge in [-0.1, -0.05) is 0 Å². The summed E-state index contributed by atoms with van der Waals surface area (Å²) in [5, 5.41) is 3.41. The fourth-order valence-electron chi connectivity index (χ4n) is 1.39. The van der Waals surface area contributed by atoms with Crippen molar-refractivity contribution in [2.45, 2.75) is 58.5 Å². The second kappa shape index (κ2) is 4.60. The van der Waals surface area contributed by atoms with Crippen LogP contribution in [0.4, 0.5) is 0 Å². The summed E-state index contributed by atoms with van der Waals surface area (Å²) >= 11 is 0.